The van der Waals surface area contributed by atoms with Crippen molar-refractivity contribution in [2.45, 2.75) is 0 Å². The van der Waals surface area contributed by atoms with Gasteiger partial charge in [-0.1, -0.05) is 12.1 Å². The number of carbonyl (C=O) groups is 1. The fourth-order valence-corrected chi connectivity index (χ4v) is 1.40. The van der Waals surface area contributed by atoms with E-state index in [-0.39, 0.29) is 11.6 Å². The minimum absolute atomic E-state index is 0.0798. The number of aliphatic imine (C=N–C) groups is 1. The fraction of sp³-hybridized carbons (Fsp3) is 0.100. The maximum Gasteiger partial charge on any atom is 0.189 e. The molecule has 0 aliphatic carbocycles. The Bertz CT molecular complexity index is 471. The number of hydrogen-bond donors (Lipinski definition) is 1. The zero-order valence-corrected chi connectivity index (χ0v) is 7.27. The zero-order chi connectivity index (χ0) is 10.1. The Morgan fingerprint density at radius 3 is 2.86 bits per heavy atom. The molecule has 0 fully saturated rings. The van der Waals surface area contributed by atoms with Gasteiger partial charge in [-0.3, -0.25) is 4.79 Å². The van der Waals surface area contributed by atoms with Crippen molar-refractivity contribution in [2.75, 3.05) is 0 Å². The second kappa shape index (κ2) is 2.96. The normalized spacial score (nSPS) is 19.5. The Hall–Kier alpha value is -2.15. The zero-order valence-electron chi connectivity index (χ0n) is 7.27. The molecule has 0 amide bonds. The predicted octanol–water partition coefficient (Wildman–Crippen LogP) is 1.01. The highest BCUT2D eigenvalue weighted by atomic mass is 16.1. The number of benzene rings is 1. The van der Waals surface area contributed by atoms with Crippen molar-refractivity contribution in [3.8, 4) is 6.07 Å². The van der Waals surface area contributed by atoms with E-state index < -0.39 is 5.92 Å². The molecule has 4 heteroatoms. The number of nitriles is 1. The van der Waals surface area contributed by atoms with Crippen LogP contribution in [0.1, 0.15) is 10.4 Å². The van der Waals surface area contributed by atoms with Crippen molar-refractivity contribution in [3.63, 3.8) is 0 Å². The van der Waals surface area contributed by atoms with Crippen molar-refractivity contribution in [2.24, 2.45) is 16.6 Å². The number of nitrogens with two attached hydrogens (primary N) is 1. The number of ketones is 1. The Balaban J connectivity index is 2.63. The molecule has 14 heavy (non-hydrogen) atoms. The van der Waals surface area contributed by atoms with Crippen LogP contribution in [-0.4, -0.2) is 11.6 Å². The van der Waals surface area contributed by atoms with Crippen molar-refractivity contribution < 1.29 is 4.79 Å². The SMILES string of the molecule is N#CC1C(=O)c2ccccc2N=C1N. The molecular formula is C10H7N3O. The quantitative estimate of drug-likeness (QED) is 0.655. The fourth-order valence-electron chi connectivity index (χ4n) is 1.40. The predicted molar refractivity (Wildman–Crippen MR) is 51.2 cm³/mol. The van der Waals surface area contributed by atoms with Crippen molar-refractivity contribution in [1.29, 1.82) is 5.26 Å². The molecule has 1 aliphatic heterocycles. The number of amidine groups is 1. The maximum atomic E-state index is 11.7. The Morgan fingerprint density at radius 1 is 1.43 bits per heavy atom. The van der Waals surface area contributed by atoms with E-state index in [2.05, 4.69) is 4.99 Å². The largest absolute Gasteiger partial charge is 0.386 e. The molecule has 1 heterocycles. The summed E-state index contributed by atoms with van der Waals surface area (Å²) in [7, 11) is 0. The van der Waals surface area contributed by atoms with Crippen LogP contribution >= 0.6 is 0 Å². The average molecular weight is 185 g/mol. The van der Waals surface area contributed by atoms with Crippen LogP contribution in [0.4, 0.5) is 5.69 Å². The van der Waals surface area contributed by atoms with Gasteiger partial charge in [0.15, 0.2) is 11.7 Å². The average Bonchev–Trinajstić information content (AvgIpc) is 2.18. The lowest BCUT2D eigenvalue weighted by atomic mass is 9.94. The summed E-state index contributed by atoms with van der Waals surface area (Å²) in [5.74, 6) is -1.11. The van der Waals surface area contributed by atoms with E-state index in [1.165, 1.54) is 0 Å². The first-order valence-electron chi connectivity index (χ1n) is 4.11. The lowest BCUT2D eigenvalue weighted by molar-refractivity contribution is 0.0973. The van der Waals surface area contributed by atoms with Crippen molar-refractivity contribution >= 4 is 17.3 Å². The van der Waals surface area contributed by atoms with Gasteiger partial charge >= 0.3 is 0 Å². The molecule has 0 spiro atoms. The second-order valence-corrected chi connectivity index (χ2v) is 2.98. The summed E-state index contributed by atoms with van der Waals surface area (Å²) < 4.78 is 0. The maximum absolute atomic E-state index is 11.7. The van der Waals surface area contributed by atoms with Gasteiger partial charge < -0.3 is 5.73 Å². The van der Waals surface area contributed by atoms with E-state index in [0.717, 1.165) is 0 Å². The number of fused-ring (bicyclic) bond motifs is 1. The van der Waals surface area contributed by atoms with E-state index in [1.807, 2.05) is 6.07 Å². The van der Waals surface area contributed by atoms with Gasteiger partial charge in [0, 0.05) is 5.56 Å². The lowest BCUT2D eigenvalue weighted by Gasteiger charge is -2.15. The van der Waals surface area contributed by atoms with Gasteiger partial charge in [-0.25, -0.2) is 4.99 Å². The monoisotopic (exact) mass is 185 g/mol. The van der Waals surface area contributed by atoms with Crippen LogP contribution < -0.4 is 5.73 Å². The minimum Gasteiger partial charge on any atom is -0.386 e. The number of hydrogen-bond acceptors (Lipinski definition) is 4. The van der Waals surface area contributed by atoms with Gasteiger partial charge in [0.1, 0.15) is 5.84 Å². The van der Waals surface area contributed by atoms with Crippen molar-refractivity contribution in [1.82, 2.24) is 0 Å². The third-order valence-corrected chi connectivity index (χ3v) is 2.11. The van der Waals surface area contributed by atoms with Gasteiger partial charge in [-0.15, -0.1) is 0 Å². The number of rotatable bonds is 0. The number of carbonyl (C=O) groups excluding carboxylic acids is 1. The molecule has 0 radical (unpaired) electrons. The van der Waals surface area contributed by atoms with Gasteiger partial charge in [0.25, 0.3) is 0 Å². The minimum atomic E-state index is -0.926. The van der Waals surface area contributed by atoms with E-state index in [9.17, 15) is 4.79 Å². The second-order valence-electron chi connectivity index (χ2n) is 2.98. The Kier molecular flexibility index (Phi) is 1.79. The highest BCUT2D eigenvalue weighted by Crippen LogP contribution is 2.26. The summed E-state index contributed by atoms with van der Waals surface area (Å²) in [5, 5.41) is 8.73. The molecule has 68 valence electrons. The van der Waals surface area contributed by atoms with Gasteiger partial charge in [0.2, 0.25) is 0 Å². The number of para-hydroxylation sites is 1. The van der Waals surface area contributed by atoms with Crippen molar-refractivity contribution in [3.05, 3.63) is 29.8 Å². The molecule has 2 rings (SSSR count). The third-order valence-electron chi connectivity index (χ3n) is 2.11. The molecule has 1 unspecified atom stereocenters. The van der Waals surface area contributed by atoms with E-state index in [4.69, 9.17) is 11.0 Å². The van der Waals surface area contributed by atoms with Crippen LogP contribution in [0.5, 0.6) is 0 Å². The van der Waals surface area contributed by atoms with Gasteiger partial charge in [0.05, 0.1) is 11.8 Å². The van der Waals surface area contributed by atoms with Gasteiger partial charge in [-0.05, 0) is 12.1 Å². The highest BCUT2D eigenvalue weighted by molar-refractivity contribution is 6.18. The standard InChI is InChI=1S/C10H7N3O/c11-5-7-9(14)6-3-1-2-4-8(6)13-10(7)12/h1-4,7H,(H2,12,13). The first kappa shape index (κ1) is 8.45. The summed E-state index contributed by atoms with van der Waals surface area (Å²) in [6, 6.07) is 8.70. The van der Waals surface area contributed by atoms with Crippen LogP contribution in [0.25, 0.3) is 0 Å². The topological polar surface area (TPSA) is 79.2 Å². The van der Waals surface area contributed by atoms with Crippen LogP contribution in [0.15, 0.2) is 29.3 Å². The molecular weight excluding hydrogens is 178 g/mol. The first-order chi connectivity index (χ1) is 6.74. The molecule has 4 nitrogen and oxygen atoms in total. The summed E-state index contributed by atoms with van der Waals surface area (Å²) >= 11 is 0. The van der Waals surface area contributed by atoms with Gasteiger partial charge in [-0.2, -0.15) is 5.26 Å². The van der Waals surface area contributed by atoms with E-state index >= 15 is 0 Å². The molecule has 1 aromatic carbocycles. The van der Waals surface area contributed by atoms with Crippen LogP contribution in [-0.2, 0) is 0 Å². The Labute approximate surface area is 80.7 Å². The highest BCUT2D eigenvalue weighted by Gasteiger charge is 2.29. The Morgan fingerprint density at radius 2 is 2.14 bits per heavy atom. The smallest absolute Gasteiger partial charge is 0.189 e. The van der Waals surface area contributed by atoms with Crippen LogP contribution in [0, 0.1) is 17.2 Å². The molecule has 1 aromatic rings. The number of Topliss-reactive ketones (excluding diaryl/α,β-unsaturated/α-hetero) is 1. The molecule has 0 saturated carbocycles. The summed E-state index contributed by atoms with van der Waals surface area (Å²) in [4.78, 5) is 15.7. The third kappa shape index (κ3) is 1.07. The van der Waals surface area contributed by atoms with E-state index in [1.54, 1.807) is 24.3 Å². The molecule has 0 aromatic heterocycles. The summed E-state index contributed by atoms with van der Waals surface area (Å²) in [6.07, 6.45) is 0. The first-order valence-corrected chi connectivity index (χ1v) is 4.11. The molecule has 1 atom stereocenters. The van der Waals surface area contributed by atoms with Crippen LogP contribution in [0.3, 0.4) is 0 Å². The number of nitrogens with zero attached hydrogens (tertiary/aromatic N) is 2. The summed E-state index contributed by atoms with van der Waals surface area (Å²) in [6.45, 7) is 0. The lowest BCUT2D eigenvalue weighted by Crippen LogP contribution is -2.32. The molecule has 1 aliphatic rings. The molecule has 2 N–H and O–H groups in total. The van der Waals surface area contributed by atoms with Crippen LogP contribution in [0.2, 0.25) is 0 Å². The molecule has 0 bridgehead atoms. The van der Waals surface area contributed by atoms with E-state index in [0.29, 0.717) is 11.3 Å². The summed E-state index contributed by atoms with van der Waals surface area (Å²) in [5.41, 5.74) is 6.51. The molecule has 0 saturated heterocycles.